The van der Waals surface area contributed by atoms with Crippen LogP contribution >= 0.6 is 11.6 Å². The molecule has 1 unspecified atom stereocenters. The molecule has 0 aliphatic heterocycles. The van der Waals surface area contributed by atoms with E-state index in [1.807, 2.05) is 0 Å². The van der Waals surface area contributed by atoms with Gasteiger partial charge in [-0.15, -0.1) is 11.6 Å². The predicted octanol–water partition coefficient (Wildman–Crippen LogP) is 0.480. The SMILES string of the molecule is COCC(CO)CCl. The first-order chi connectivity index (χ1) is 3.85. The van der Waals surface area contributed by atoms with E-state index >= 15 is 0 Å². The summed E-state index contributed by atoms with van der Waals surface area (Å²) in [5.41, 5.74) is 0. The first-order valence-corrected chi connectivity index (χ1v) is 3.04. The van der Waals surface area contributed by atoms with E-state index in [2.05, 4.69) is 0 Å². The minimum absolute atomic E-state index is 0.0988. The number of methoxy groups -OCH3 is 1. The summed E-state index contributed by atoms with van der Waals surface area (Å²) in [4.78, 5) is 0. The molecule has 0 saturated heterocycles. The van der Waals surface area contributed by atoms with Gasteiger partial charge in [0.1, 0.15) is 0 Å². The lowest BCUT2D eigenvalue weighted by Gasteiger charge is -2.06. The van der Waals surface area contributed by atoms with Crippen molar-refractivity contribution in [1.82, 2.24) is 0 Å². The fourth-order valence-electron chi connectivity index (χ4n) is 0.382. The molecular formula is C5H11ClO2. The Hall–Kier alpha value is 0.210. The molecule has 0 spiro atoms. The van der Waals surface area contributed by atoms with Crippen LogP contribution in [-0.2, 0) is 4.74 Å². The Morgan fingerprint density at radius 3 is 2.50 bits per heavy atom. The monoisotopic (exact) mass is 138 g/mol. The molecule has 0 heterocycles. The van der Waals surface area contributed by atoms with Crippen LogP contribution in [0.25, 0.3) is 0 Å². The van der Waals surface area contributed by atoms with Crippen LogP contribution in [0.5, 0.6) is 0 Å². The Bertz CT molecular complexity index is 45.7. The van der Waals surface area contributed by atoms with Crippen molar-refractivity contribution < 1.29 is 9.84 Å². The smallest absolute Gasteiger partial charge is 0.0523 e. The zero-order valence-corrected chi connectivity index (χ0v) is 5.69. The molecule has 0 aliphatic rings. The van der Waals surface area contributed by atoms with Gasteiger partial charge < -0.3 is 9.84 Å². The molecule has 50 valence electrons. The van der Waals surface area contributed by atoms with Crippen molar-refractivity contribution in [2.24, 2.45) is 5.92 Å². The molecule has 0 rings (SSSR count). The van der Waals surface area contributed by atoms with E-state index in [1.165, 1.54) is 0 Å². The van der Waals surface area contributed by atoms with E-state index in [4.69, 9.17) is 21.4 Å². The average molecular weight is 139 g/mol. The summed E-state index contributed by atoms with van der Waals surface area (Å²) in [6.45, 7) is 0.650. The minimum Gasteiger partial charge on any atom is -0.396 e. The van der Waals surface area contributed by atoms with Crippen LogP contribution < -0.4 is 0 Å². The van der Waals surface area contributed by atoms with Crippen LogP contribution in [0.2, 0.25) is 0 Å². The zero-order valence-electron chi connectivity index (χ0n) is 4.93. The highest BCUT2D eigenvalue weighted by Gasteiger charge is 2.02. The second kappa shape index (κ2) is 5.35. The van der Waals surface area contributed by atoms with Crippen molar-refractivity contribution in [1.29, 1.82) is 0 Å². The minimum atomic E-state index is 0.0988. The van der Waals surface area contributed by atoms with Crippen LogP contribution in [0.3, 0.4) is 0 Å². The number of hydrogen-bond acceptors (Lipinski definition) is 2. The van der Waals surface area contributed by atoms with Gasteiger partial charge in [-0.1, -0.05) is 0 Å². The first kappa shape index (κ1) is 8.21. The molecule has 0 radical (unpaired) electrons. The zero-order chi connectivity index (χ0) is 6.41. The summed E-state index contributed by atoms with van der Waals surface area (Å²) < 4.78 is 4.74. The van der Waals surface area contributed by atoms with E-state index in [0.29, 0.717) is 12.5 Å². The summed E-state index contributed by atoms with van der Waals surface area (Å²) in [5.74, 6) is 0.561. The van der Waals surface area contributed by atoms with E-state index in [-0.39, 0.29) is 12.5 Å². The second-order valence-corrected chi connectivity index (χ2v) is 1.97. The molecule has 0 fully saturated rings. The fourth-order valence-corrected chi connectivity index (χ4v) is 0.568. The molecule has 1 N–H and O–H groups in total. The molecule has 0 aromatic carbocycles. The molecule has 3 heteroatoms. The van der Waals surface area contributed by atoms with Crippen molar-refractivity contribution in [2.45, 2.75) is 0 Å². The van der Waals surface area contributed by atoms with Gasteiger partial charge in [-0.3, -0.25) is 0 Å². The number of halogens is 1. The molecular weight excluding hydrogens is 128 g/mol. The maximum Gasteiger partial charge on any atom is 0.0523 e. The topological polar surface area (TPSA) is 29.5 Å². The number of rotatable bonds is 4. The van der Waals surface area contributed by atoms with Gasteiger partial charge in [0.25, 0.3) is 0 Å². The van der Waals surface area contributed by atoms with Gasteiger partial charge in [0, 0.05) is 25.5 Å². The van der Waals surface area contributed by atoms with Crippen LogP contribution in [0.1, 0.15) is 0 Å². The normalized spacial score (nSPS) is 13.9. The van der Waals surface area contributed by atoms with Gasteiger partial charge >= 0.3 is 0 Å². The Balaban J connectivity index is 3.07. The van der Waals surface area contributed by atoms with Crippen molar-refractivity contribution in [2.75, 3.05) is 26.2 Å². The highest BCUT2D eigenvalue weighted by molar-refractivity contribution is 6.18. The third-order valence-corrected chi connectivity index (χ3v) is 1.32. The largest absolute Gasteiger partial charge is 0.396 e. The number of alkyl halides is 1. The van der Waals surface area contributed by atoms with Crippen molar-refractivity contribution in [3.8, 4) is 0 Å². The summed E-state index contributed by atoms with van der Waals surface area (Å²) in [5, 5.41) is 8.49. The third-order valence-electron chi connectivity index (χ3n) is 0.879. The van der Waals surface area contributed by atoms with Crippen molar-refractivity contribution in [3.05, 3.63) is 0 Å². The molecule has 1 atom stereocenters. The summed E-state index contributed by atoms with van der Waals surface area (Å²) in [6.07, 6.45) is 0. The van der Waals surface area contributed by atoms with Crippen LogP contribution in [0.4, 0.5) is 0 Å². The highest BCUT2D eigenvalue weighted by Crippen LogP contribution is 1.97. The molecule has 0 aliphatic carbocycles. The maximum absolute atomic E-state index is 8.49. The van der Waals surface area contributed by atoms with Gasteiger partial charge in [-0.2, -0.15) is 0 Å². The number of aliphatic hydroxyl groups is 1. The predicted molar refractivity (Wildman–Crippen MR) is 33.2 cm³/mol. The Morgan fingerprint density at radius 2 is 2.38 bits per heavy atom. The standard InChI is InChI=1S/C5H11ClO2/c1-8-4-5(2-6)3-7/h5,7H,2-4H2,1H3. The lowest BCUT2D eigenvalue weighted by molar-refractivity contribution is 0.121. The first-order valence-electron chi connectivity index (χ1n) is 2.51. The molecule has 0 bridgehead atoms. The lowest BCUT2D eigenvalue weighted by Crippen LogP contribution is -2.13. The van der Waals surface area contributed by atoms with Gasteiger partial charge in [0.15, 0.2) is 0 Å². The number of aliphatic hydroxyl groups excluding tert-OH is 1. The van der Waals surface area contributed by atoms with Gasteiger partial charge in [-0.25, -0.2) is 0 Å². The second-order valence-electron chi connectivity index (χ2n) is 1.66. The lowest BCUT2D eigenvalue weighted by atomic mass is 10.2. The molecule has 0 saturated carbocycles. The van der Waals surface area contributed by atoms with E-state index < -0.39 is 0 Å². The Kier molecular flexibility index (Phi) is 5.49. The van der Waals surface area contributed by atoms with Crippen LogP contribution in [-0.4, -0.2) is 31.3 Å². The summed E-state index contributed by atoms with van der Waals surface area (Å²) in [7, 11) is 1.59. The summed E-state index contributed by atoms with van der Waals surface area (Å²) in [6, 6.07) is 0. The van der Waals surface area contributed by atoms with E-state index in [9.17, 15) is 0 Å². The Morgan fingerprint density at radius 1 is 1.75 bits per heavy atom. The van der Waals surface area contributed by atoms with Gasteiger partial charge in [-0.05, 0) is 0 Å². The van der Waals surface area contributed by atoms with Crippen LogP contribution in [0.15, 0.2) is 0 Å². The van der Waals surface area contributed by atoms with Crippen molar-refractivity contribution >= 4 is 11.6 Å². The number of hydrogen-bond donors (Lipinski definition) is 1. The molecule has 0 aromatic heterocycles. The van der Waals surface area contributed by atoms with E-state index in [1.54, 1.807) is 7.11 Å². The van der Waals surface area contributed by atoms with Gasteiger partial charge in [0.05, 0.1) is 6.61 Å². The van der Waals surface area contributed by atoms with Gasteiger partial charge in [0.2, 0.25) is 0 Å². The van der Waals surface area contributed by atoms with Crippen molar-refractivity contribution in [3.63, 3.8) is 0 Å². The molecule has 2 nitrogen and oxygen atoms in total. The maximum atomic E-state index is 8.49. The molecule has 0 aromatic rings. The molecule has 0 amide bonds. The summed E-state index contributed by atoms with van der Waals surface area (Å²) >= 11 is 5.41. The highest BCUT2D eigenvalue weighted by atomic mass is 35.5. The van der Waals surface area contributed by atoms with E-state index in [0.717, 1.165) is 0 Å². The average Bonchev–Trinajstić information content (AvgIpc) is 1.83. The number of ether oxygens (including phenoxy) is 1. The van der Waals surface area contributed by atoms with Crippen LogP contribution in [0, 0.1) is 5.92 Å². The third kappa shape index (κ3) is 3.24. The quantitative estimate of drug-likeness (QED) is 0.573. The fraction of sp³-hybridized carbons (Fsp3) is 1.00. The molecule has 8 heavy (non-hydrogen) atoms. The Labute approximate surface area is 54.4 Å².